The van der Waals surface area contributed by atoms with Crippen LogP contribution in [0.5, 0.6) is 0 Å². The minimum Gasteiger partial charge on any atom is -0.294 e. The van der Waals surface area contributed by atoms with Crippen molar-refractivity contribution in [1.29, 1.82) is 0 Å². The van der Waals surface area contributed by atoms with Crippen LogP contribution in [0.25, 0.3) is 10.2 Å². The summed E-state index contributed by atoms with van der Waals surface area (Å²) in [6.07, 6.45) is 1.90. The van der Waals surface area contributed by atoms with Gasteiger partial charge in [0, 0.05) is 35.6 Å². The maximum absolute atomic E-state index is 14.0. The average Bonchev–Trinajstić information content (AvgIpc) is 3.13. The van der Waals surface area contributed by atoms with Gasteiger partial charge in [-0.2, -0.15) is 0 Å². The van der Waals surface area contributed by atoms with Crippen LogP contribution < -0.4 is 5.56 Å². The number of nitrogens with zero attached hydrogens (tertiary/aromatic N) is 3. The Morgan fingerprint density at radius 3 is 2.28 bits per heavy atom. The van der Waals surface area contributed by atoms with E-state index in [4.69, 9.17) is 0 Å². The first-order chi connectivity index (χ1) is 15.4. The van der Waals surface area contributed by atoms with E-state index in [1.165, 1.54) is 28.3 Å². The van der Waals surface area contributed by atoms with Gasteiger partial charge in [-0.3, -0.25) is 14.3 Å². The molecule has 0 N–H and O–H groups in total. The third kappa shape index (κ3) is 3.82. The quantitative estimate of drug-likeness (QED) is 0.418. The Labute approximate surface area is 184 Å². The molecular formula is C23H17F4N3OS. The largest absolute Gasteiger partial charge is 0.294 e. The molecule has 32 heavy (non-hydrogen) atoms. The normalized spacial score (nSPS) is 14.1. The third-order valence-corrected chi connectivity index (χ3v) is 6.78. The van der Waals surface area contributed by atoms with Crippen molar-refractivity contribution in [3.05, 3.63) is 97.9 Å². The molecule has 0 fully saturated rings. The average molecular weight is 459 g/mol. The van der Waals surface area contributed by atoms with Crippen molar-refractivity contribution < 1.29 is 17.6 Å². The summed E-state index contributed by atoms with van der Waals surface area (Å²) >= 11 is 1.39. The van der Waals surface area contributed by atoms with Gasteiger partial charge in [0.1, 0.15) is 28.1 Å². The van der Waals surface area contributed by atoms with Gasteiger partial charge in [-0.1, -0.05) is 0 Å². The van der Waals surface area contributed by atoms with Crippen LogP contribution in [-0.2, 0) is 26.1 Å². The SMILES string of the molecule is O=c1c2c3c(sc2ncn1Cc1cc(F)ccc1F)CN(Cc1cc(F)ccc1F)CC3. The second-order valence-corrected chi connectivity index (χ2v) is 8.88. The summed E-state index contributed by atoms with van der Waals surface area (Å²) in [5.41, 5.74) is 0.932. The van der Waals surface area contributed by atoms with E-state index in [2.05, 4.69) is 4.98 Å². The topological polar surface area (TPSA) is 38.1 Å². The molecule has 4 aromatic rings. The Morgan fingerprint density at radius 2 is 1.59 bits per heavy atom. The first kappa shape index (κ1) is 20.8. The lowest BCUT2D eigenvalue weighted by Gasteiger charge is -2.26. The van der Waals surface area contributed by atoms with Crippen molar-refractivity contribution in [3.8, 4) is 0 Å². The summed E-state index contributed by atoms with van der Waals surface area (Å²) in [5, 5.41) is 0.487. The van der Waals surface area contributed by atoms with Crippen molar-refractivity contribution in [2.24, 2.45) is 0 Å². The van der Waals surface area contributed by atoms with E-state index in [-0.39, 0.29) is 29.8 Å². The summed E-state index contributed by atoms with van der Waals surface area (Å²) in [4.78, 5) is 21.0. The van der Waals surface area contributed by atoms with E-state index < -0.39 is 23.3 Å². The predicted octanol–water partition coefficient (Wildman–Crippen LogP) is 4.62. The zero-order valence-electron chi connectivity index (χ0n) is 16.7. The van der Waals surface area contributed by atoms with Gasteiger partial charge in [0.2, 0.25) is 0 Å². The Kier molecular flexibility index (Phi) is 5.30. The lowest BCUT2D eigenvalue weighted by molar-refractivity contribution is 0.245. The molecule has 0 saturated carbocycles. The fraction of sp³-hybridized carbons (Fsp3) is 0.217. The van der Waals surface area contributed by atoms with Crippen LogP contribution >= 0.6 is 11.3 Å². The minimum atomic E-state index is -0.592. The Bertz CT molecular complexity index is 1400. The molecule has 164 valence electrons. The number of rotatable bonds is 4. The molecule has 1 aliphatic rings. The van der Waals surface area contributed by atoms with Gasteiger partial charge in [-0.15, -0.1) is 11.3 Å². The van der Waals surface area contributed by atoms with E-state index in [9.17, 15) is 22.4 Å². The summed E-state index contributed by atoms with van der Waals surface area (Å²) in [7, 11) is 0. The van der Waals surface area contributed by atoms with Crippen molar-refractivity contribution in [1.82, 2.24) is 14.5 Å². The highest BCUT2D eigenvalue weighted by atomic mass is 32.1. The number of thiophene rings is 1. The smallest absolute Gasteiger partial charge is 0.262 e. The zero-order valence-corrected chi connectivity index (χ0v) is 17.6. The first-order valence-corrected chi connectivity index (χ1v) is 10.8. The van der Waals surface area contributed by atoms with Crippen LogP contribution in [0.15, 0.2) is 47.5 Å². The maximum atomic E-state index is 14.0. The predicted molar refractivity (Wildman–Crippen MR) is 114 cm³/mol. The summed E-state index contributed by atoms with van der Waals surface area (Å²) in [6, 6.07) is 6.53. The number of aromatic nitrogens is 2. The molecule has 2 aromatic carbocycles. The zero-order chi connectivity index (χ0) is 22.4. The minimum absolute atomic E-state index is 0.0700. The van der Waals surface area contributed by atoms with Crippen LogP contribution in [0.2, 0.25) is 0 Å². The molecule has 0 saturated heterocycles. The molecule has 4 nitrogen and oxygen atoms in total. The van der Waals surface area contributed by atoms with Crippen molar-refractivity contribution in [2.45, 2.75) is 26.1 Å². The molecule has 9 heteroatoms. The van der Waals surface area contributed by atoms with E-state index in [1.807, 2.05) is 4.90 Å². The molecule has 3 heterocycles. The van der Waals surface area contributed by atoms with Crippen LogP contribution in [0, 0.1) is 23.3 Å². The molecular weight excluding hydrogens is 442 g/mol. The number of hydrogen-bond donors (Lipinski definition) is 0. The highest BCUT2D eigenvalue weighted by Crippen LogP contribution is 2.33. The third-order valence-electron chi connectivity index (χ3n) is 5.66. The molecule has 0 amide bonds. The standard InChI is InChI=1S/C23H17F4N3OS/c24-15-1-3-18(26)13(7-15)9-29-6-5-17-20(11-29)32-22-21(17)23(31)30(12-28-22)10-14-8-16(25)2-4-19(14)27/h1-4,7-8,12H,5-6,9-11H2. The summed E-state index contributed by atoms with van der Waals surface area (Å²) in [6.45, 7) is 1.20. The van der Waals surface area contributed by atoms with Crippen LogP contribution in [0.1, 0.15) is 21.6 Å². The van der Waals surface area contributed by atoms with E-state index in [1.54, 1.807) is 0 Å². The van der Waals surface area contributed by atoms with Crippen molar-refractivity contribution in [2.75, 3.05) is 6.54 Å². The molecule has 0 spiro atoms. The Hall–Kier alpha value is -3.04. The molecule has 0 radical (unpaired) electrons. The fourth-order valence-electron chi connectivity index (χ4n) is 4.07. The Balaban J connectivity index is 1.45. The number of hydrogen-bond acceptors (Lipinski definition) is 4. The van der Waals surface area contributed by atoms with Gasteiger partial charge in [-0.05, 0) is 48.4 Å². The fourth-order valence-corrected chi connectivity index (χ4v) is 5.29. The molecule has 0 aliphatic carbocycles. The molecule has 0 bridgehead atoms. The van der Waals surface area contributed by atoms with E-state index in [0.29, 0.717) is 29.7 Å². The second kappa shape index (κ2) is 8.14. The van der Waals surface area contributed by atoms with Crippen LogP contribution in [0.4, 0.5) is 17.6 Å². The van der Waals surface area contributed by atoms with Crippen molar-refractivity contribution in [3.63, 3.8) is 0 Å². The van der Waals surface area contributed by atoms with Crippen LogP contribution in [0.3, 0.4) is 0 Å². The highest BCUT2D eigenvalue weighted by Gasteiger charge is 2.24. The number of fused-ring (bicyclic) bond motifs is 3. The first-order valence-electron chi connectivity index (χ1n) is 9.99. The van der Waals surface area contributed by atoms with Gasteiger partial charge < -0.3 is 0 Å². The monoisotopic (exact) mass is 459 g/mol. The molecule has 2 aromatic heterocycles. The van der Waals surface area contributed by atoms with E-state index >= 15 is 0 Å². The lowest BCUT2D eigenvalue weighted by atomic mass is 10.0. The lowest BCUT2D eigenvalue weighted by Crippen LogP contribution is -2.30. The molecule has 1 aliphatic heterocycles. The summed E-state index contributed by atoms with van der Waals surface area (Å²) < 4.78 is 56.3. The van der Waals surface area contributed by atoms with Crippen LogP contribution in [-0.4, -0.2) is 21.0 Å². The van der Waals surface area contributed by atoms with Gasteiger partial charge in [0.15, 0.2) is 0 Å². The van der Waals surface area contributed by atoms with Gasteiger partial charge in [0.05, 0.1) is 18.3 Å². The highest BCUT2D eigenvalue weighted by molar-refractivity contribution is 7.18. The number of benzene rings is 2. The van der Waals surface area contributed by atoms with E-state index in [0.717, 1.165) is 40.8 Å². The second-order valence-electron chi connectivity index (χ2n) is 7.79. The Morgan fingerprint density at radius 1 is 0.938 bits per heavy atom. The van der Waals surface area contributed by atoms with Gasteiger partial charge in [0.25, 0.3) is 5.56 Å². The van der Waals surface area contributed by atoms with Crippen molar-refractivity contribution >= 4 is 21.6 Å². The molecule has 0 atom stereocenters. The van der Waals surface area contributed by atoms with Gasteiger partial charge >= 0.3 is 0 Å². The molecule has 5 rings (SSSR count). The maximum Gasteiger partial charge on any atom is 0.262 e. The molecule has 0 unspecified atom stereocenters. The summed E-state index contributed by atoms with van der Waals surface area (Å²) in [5.74, 6) is -2.11. The van der Waals surface area contributed by atoms with Gasteiger partial charge in [-0.25, -0.2) is 22.5 Å². The number of halogens is 4.